The summed E-state index contributed by atoms with van der Waals surface area (Å²) in [6, 6.07) is 15.6. The molecule has 0 saturated carbocycles. The number of hydrogen-bond donors (Lipinski definition) is 1. The molecule has 2 aromatic rings. The van der Waals surface area contributed by atoms with Gasteiger partial charge in [0.25, 0.3) is 5.91 Å². The van der Waals surface area contributed by atoms with E-state index in [9.17, 15) is 9.90 Å². The second-order valence-corrected chi connectivity index (χ2v) is 8.33. The van der Waals surface area contributed by atoms with Crippen molar-refractivity contribution in [3.05, 3.63) is 77.1 Å². The Morgan fingerprint density at radius 2 is 1.72 bits per heavy atom. The third-order valence-electron chi connectivity index (χ3n) is 6.10. The highest BCUT2D eigenvalue weighted by atomic mass is 16.7. The zero-order valence-corrected chi connectivity index (χ0v) is 18.5. The van der Waals surface area contributed by atoms with E-state index >= 15 is 0 Å². The molecule has 1 fully saturated rings. The number of aliphatic hydroxyl groups excluding tert-OH is 1. The summed E-state index contributed by atoms with van der Waals surface area (Å²) >= 11 is 0. The summed E-state index contributed by atoms with van der Waals surface area (Å²) in [6.45, 7) is 1.94. The van der Waals surface area contributed by atoms with Crippen LogP contribution in [0.5, 0.6) is 5.75 Å². The standard InChI is InChI=1S/C26H31NO5/c1-30-23-11-9-21(10-12-23)22-15-24(26(29)27-13-3-2-4-14-27)32-25(16-22)31-18-20-7-5-19(17-28)6-8-20/h5-12,15,22,25,28H,2-4,13-14,16-18H2,1H3/t22-,25+/m1/s1. The number of likely N-dealkylation sites (tertiary alicyclic amines) is 1. The lowest BCUT2D eigenvalue weighted by atomic mass is 9.92. The monoisotopic (exact) mass is 437 g/mol. The number of carbonyl (C=O) groups excluding carboxylic acids is 1. The molecule has 0 unspecified atom stereocenters. The molecule has 0 aliphatic carbocycles. The van der Waals surface area contributed by atoms with Crippen LogP contribution in [-0.4, -0.2) is 42.4 Å². The van der Waals surface area contributed by atoms with Crippen molar-refractivity contribution in [1.29, 1.82) is 0 Å². The fraction of sp³-hybridized carbons (Fsp3) is 0.423. The van der Waals surface area contributed by atoms with Crippen LogP contribution in [0.25, 0.3) is 0 Å². The topological polar surface area (TPSA) is 68.2 Å². The summed E-state index contributed by atoms with van der Waals surface area (Å²) in [5.41, 5.74) is 2.95. The lowest BCUT2D eigenvalue weighted by Crippen LogP contribution is -2.39. The first kappa shape index (κ1) is 22.4. The highest BCUT2D eigenvalue weighted by molar-refractivity contribution is 5.91. The van der Waals surface area contributed by atoms with E-state index in [0.717, 1.165) is 48.4 Å². The molecule has 2 aliphatic heterocycles. The number of hydrogen-bond acceptors (Lipinski definition) is 5. The van der Waals surface area contributed by atoms with Gasteiger partial charge in [-0.3, -0.25) is 4.79 Å². The summed E-state index contributed by atoms with van der Waals surface area (Å²) in [5.74, 6) is 1.14. The summed E-state index contributed by atoms with van der Waals surface area (Å²) < 4.78 is 17.4. The molecule has 1 N–H and O–H groups in total. The number of carbonyl (C=O) groups is 1. The van der Waals surface area contributed by atoms with Gasteiger partial charge in [0.2, 0.25) is 6.29 Å². The normalized spacial score (nSPS) is 20.9. The molecular formula is C26H31NO5. The average Bonchev–Trinajstić information content (AvgIpc) is 2.87. The molecule has 2 aliphatic rings. The van der Waals surface area contributed by atoms with Crippen LogP contribution in [0.2, 0.25) is 0 Å². The van der Waals surface area contributed by atoms with E-state index in [0.29, 0.717) is 18.8 Å². The number of benzene rings is 2. The number of ether oxygens (including phenoxy) is 3. The number of allylic oxidation sites excluding steroid dienone is 1. The van der Waals surface area contributed by atoms with E-state index < -0.39 is 6.29 Å². The summed E-state index contributed by atoms with van der Waals surface area (Å²) in [7, 11) is 1.65. The van der Waals surface area contributed by atoms with Gasteiger partial charge in [0, 0.05) is 25.4 Å². The number of rotatable bonds is 7. The van der Waals surface area contributed by atoms with E-state index in [1.54, 1.807) is 7.11 Å². The van der Waals surface area contributed by atoms with Gasteiger partial charge < -0.3 is 24.2 Å². The average molecular weight is 438 g/mol. The minimum absolute atomic E-state index is 0.0140. The van der Waals surface area contributed by atoms with Crippen molar-refractivity contribution in [3.8, 4) is 5.75 Å². The minimum Gasteiger partial charge on any atom is -0.497 e. The smallest absolute Gasteiger partial charge is 0.288 e. The third kappa shape index (κ3) is 5.50. The van der Waals surface area contributed by atoms with E-state index in [2.05, 4.69) is 0 Å². The second kappa shape index (κ2) is 10.7. The first-order valence-corrected chi connectivity index (χ1v) is 11.3. The van der Waals surface area contributed by atoms with Crippen molar-refractivity contribution in [2.45, 2.75) is 51.1 Å². The zero-order valence-electron chi connectivity index (χ0n) is 18.5. The SMILES string of the molecule is COc1ccc([C@@H]2C=C(C(=O)N3CCCCC3)O[C@H](OCc3ccc(CO)cc3)C2)cc1. The van der Waals surface area contributed by atoms with Gasteiger partial charge in [-0.1, -0.05) is 36.4 Å². The Hall–Kier alpha value is -2.83. The quantitative estimate of drug-likeness (QED) is 0.705. The molecule has 6 nitrogen and oxygen atoms in total. The summed E-state index contributed by atoms with van der Waals surface area (Å²) in [5, 5.41) is 9.22. The van der Waals surface area contributed by atoms with Gasteiger partial charge in [0.05, 0.1) is 20.3 Å². The molecule has 0 spiro atoms. The fourth-order valence-corrected chi connectivity index (χ4v) is 4.18. The van der Waals surface area contributed by atoms with Crippen molar-refractivity contribution in [2.75, 3.05) is 20.2 Å². The lowest BCUT2D eigenvalue weighted by molar-refractivity contribution is -0.156. The van der Waals surface area contributed by atoms with Gasteiger partial charge in [-0.25, -0.2) is 0 Å². The number of nitrogens with zero attached hydrogens (tertiary/aromatic N) is 1. The summed E-state index contributed by atoms with van der Waals surface area (Å²) in [4.78, 5) is 15.0. The van der Waals surface area contributed by atoms with Gasteiger partial charge in [-0.2, -0.15) is 0 Å². The molecular weight excluding hydrogens is 406 g/mol. The first-order valence-electron chi connectivity index (χ1n) is 11.3. The van der Waals surface area contributed by atoms with Gasteiger partial charge in [-0.05, 0) is 54.2 Å². The van der Waals surface area contributed by atoms with Crippen LogP contribution < -0.4 is 4.74 Å². The van der Waals surface area contributed by atoms with Crippen LogP contribution in [0.3, 0.4) is 0 Å². The molecule has 0 radical (unpaired) electrons. The van der Waals surface area contributed by atoms with Crippen LogP contribution in [0.4, 0.5) is 0 Å². The molecule has 2 heterocycles. The van der Waals surface area contributed by atoms with E-state index in [1.807, 2.05) is 59.5 Å². The minimum atomic E-state index is -0.520. The van der Waals surface area contributed by atoms with Crippen LogP contribution >= 0.6 is 0 Å². The highest BCUT2D eigenvalue weighted by Crippen LogP contribution is 2.33. The maximum absolute atomic E-state index is 13.2. The van der Waals surface area contributed by atoms with Crippen LogP contribution in [-0.2, 0) is 27.5 Å². The molecule has 0 aromatic heterocycles. The van der Waals surface area contributed by atoms with E-state index in [4.69, 9.17) is 14.2 Å². The molecule has 1 amide bonds. The third-order valence-corrected chi connectivity index (χ3v) is 6.10. The predicted octanol–water partition coefficient (Wildman–Crippen LogP) is 4.13. The van der Waals surface area contributed by atoms with Crippen molar-refractivity contribution < 1.29 is 24.1 Å². The molecule has 0 bridgehead atoms. The molecule has 1 saturated heterocycles. The van der Waals surface area contributed by atoms with Crippen LogP contribution in [0.15, 0.2) is 60.4 Å². The number of methoxy groups -OCH3 is 1. The van der Waals surface area contributed by atoms with Gasteiger partial charge >= 0.3 is 0 Å². The Balaban J connectivity index is 1.50. The molecule has 32 heavy (non-hydrogen) atoms. The predicted molar refractivity (Wildman–Crippen MR) is 121 cm³/mol. The number of aliphatic hydroxyl groups is 1. The van der Waals surface area contributed by atoms with Crippen LogP contribution in [0, 0.1) is 0 Å². The Labute approximate surface area is 189 Å². The lowest BCUT2D eigenvalue weighted by Gasteiger charge is -2.33. The first-order chi connectivity index (χ1) is 15.7. The van der Waals surface area contributed by atoms with Crippen molar-refractivity contribution in [2.24, 2.45) is 0 Å². The van der Waals surface area contributed by atoms with Crippen molar-refractivity contribution >= 4 is 5.91 Å². The Kier molecular flexibility index (Phi) is 7.45. The largest absolute Gasteiger partial charge is 0.497 e. The highest BCUT2D eigenvalue weighted by Gasteiger charge is 2.31. The second-order valence-electron chi connectivity index (χ2n) is 8.33. The maximum Gasteiger partial charge on any atom is 0.288 e. The zero-order chi connectivity index (χ0) is 22.3. The Bertz CT molecular complexity index is 916. The molecule has 2 aromatic carbocycles. The van der Waals surface area contributed by atoms with Gasteiger partial charge in [0.1, 0.15) is 5.75 Å². The number of amides is 1. The maximum atomic E-state index is 13.2. The molecule has 4 rings (SSSR count). The van der Waals surface area contributed by atoms with Crippen LogP contribution in [0.1, 0.15) is 48.3 Å². The molecule has 2 atom stereocenters. The summed E-state index contributed by atoms with van der Waals surface area (Å²) in [6.07, 6.45) is 5.27. The fourth-order valence-electron chi connectivity index (χ4n) is 4.18. The van der Waals surface area contributed by atoms with Crippen molar-refractivity contribution in [1.82, 2.24) is 4.90 Å². The van der Waals surface area contributed by atoms with E-state index in [1.165, 1.54) is 6.42 Å². The van der Waals surface area contributed by atoms with E-state index in [-0.39, 0.29) is 18.4 Å². The number of piperidine rings is 1. The molecule has 170 valence electrons. The molecule has 6 heteroatoms. The Morgan fingerprint density at radius 1 is 1.03 bits per heavy atom. The Morgan fingerprint density at radius 3 is 2.38 bits per heavy atom. The van der Waals surface area contributed by atoms with Gasteiger partial charge in [-0.15, -0.1) is 0 Å². The van der Waals surface area contributed by atoms with Crippen molar-refractivity contribution in [3.63, 3.8) is 0 Å². The van der Waals surface area contributed by atoms with Gasteiger partial charge in [0.15, 0.2) is 5.76 Å².